The van der Waals surface area contributed by atoms with Crippen LogP contribution < -0.4 is 0 Å². The predicted octanol–water partition coefficient (Wildman–Crippen LogP) is 2.28. The molecule has 8 heteroatoms. The molecule has 0 spiro atoms. The maximum absolute atomic E-state index is 12.2. The maximum Gasteiger partial charge on any atom is 0.513 e. The fraction of sp³-hybridized carbons (Fsp3) is 0.500. The molecule has 0 unspecified atom stereocenters. The van der Waals surface area contributed by atoms with Crippen LogP contribution in [0.4, 0.5) is 26.3 Å². The van der Waals surface area contributed by atoms with Gasteiger partial charge in [-0.05, 0) is 0 Å². The van der Waals surface area contributed by atoms with E-state index in [1.807, 2.05) is 0 Å². The minimum Gasteiger partial charge on any atom is -0.388 e. The van der Waals surface area contributed by atoms with Crippen molar-refractivity contribution in [2.45, 2.75) is 12.2 Å². The Kier molecular flexibility index (Phi) is 1.66. The van der Waals surface area contributed by atoms with Crippen LogP contribution in [0.5, 0.6) is 0 Å². The highest BCUT2D eigenvalue weighted by molar-refractivity contribution is 4.94. The van der Waals surface area contributed by atoms with Crippen molar-refractivity contribution < 1.29 is 35.8 Å². The molecule has 0 radical (unpaired) electrons. The van der Waals surface area contributed by atoms with Gasteiger partial charge in [0.05, 0.1) is 0 Å². The summed E-state index contributed by atoms with van der Waals surface area (Å²) in [5.74, 6) is 0. The van der Waals surface area contributed by atoms with Crippen LogP contribution in [-0.2, 0) is 9.47 Å². The largest absolute Gasteiger partial charge is 0.513 e. The van der Waals surface area contributed by atoms with Gasteiger partial charge in [-0.15, -0.1) is 4.39 Å². The molecule has 1 rings (SSSR count). The quantitative estimate of drug-likeness (QED) is 0.550. The first-order chi connectivity index (χ1) is 5.26. The van der Waals surface area contributed by atoms with E-state index >= 15 is 0 Å². The maximum atomic E-state index is 12.2. The number of rotatable bonds is 0. The van der Waals surface area contributed by atoms with Crippen molar-refractivity contribution in [3.8, 4) is 0 Å². The van der Waals surface area contributed by atoms with Crippen LogP contribution in [0.2, 0.25) is 0 Å². The topological polar surface area (TPSA) is 18.5 Å². The Hall–Kier alpha value is -1.08. The third-order valence-electron chi connectivity index (χ3n) is 0.935. The van der Waals surface area contributed by atoms with Gasteiger partial charge >= 0.3 is 24.2 Å². The number of hydrogen-bond donors (Lipinski definition) is 0. The van der Waals surface area contributed by atoms with E-state index in [-0.39, 0.29) is 0 Å². The molecule has 1 aliphatic rings. The molecule has 1 aliphatic heterocycles. The van der Waals surface area contributed by atoms with Crippen LogP contribution in [0.15, 0.2) is 12.0 Å². The van der Waals surface area contributed by atoms with Crippen molar-refractivity contribution in [3.05, 3.63) is 12.0 Å². The van der Waals surface area contributed by atoms with Crippen LogP contribution in [0.1, 0.15) is 0 Å². The fourth-order valence-electron chi connectivity index (χ4n) is 0.447. The molecule has 0 aromatic heterocycles. The molecule has 0 aromatic rings. The highest BCUT2D eigenvalue weighted by Gasteiger charge is 2.67. The molecular formula is C4F6O2. The first-order valence-corrected chi connectivity index (χ1v) is 2.45. The van der Waals surface area contributed by atoms with Crippen molar-refractivity contribution in [2.75, 3.05) is 0 Å². The van der Waals surface area contributed by atoms with Crippen molar-refractivity contribution in [3.63, 3.8) is 0 Å². The Labute approximate surface area is 61.4 Å². The molecule has 0 amide bonds. The molecule has 0 aliphatic carbocycles. The summed E-state index contributed by atoms with van der Waals surface area (Å²) in [4.78, 5) is 0. The summed E-state index contributed by atoms with van der Waals surface area (Å²) in [6.45, 7) is 0. The van der Waals surface area contributed by atoms with Crippen molar-refractivity contribution in [2.24, 2.45) is 0 Å². The number of halogens is 6. The molecule has 0 fully saturated rings. The van der Waals surface area contributed by atoms with E-state index in [0.29, 0.717) is 0 Å². The van der Waals surface area contributed by atoms with Gasteiger partial charge in [-0.25, -0.2) is 0 Å². The summed E-state index contributed by atoms with van der Waals surface area (Å²) in [7, 11) is 0. The average Bonchev–Trinajstić information content (AvgIpc) is 2.06. The predicted molar refractivity (Wildman–Crippen MR) is 21.3 cm³/mol. The fourth-order valence-corrected chi connectivity index (χ4v) is 0.447. The van der Waals surface area contributed by atoms with E-state index in [1.54, 1.807) is 0 Å². The molecule has 0 saturated heterocycles. The highest BCUT2D eigenvalue weighted by Crippen LogP contribution is 2.44. The van der Waals surface area contributed by atoms with Gasteiger partial charge in [-0.1, -0.05) is 0 Å². The van der Waals surface area contributed by atoms with Crippen LogP contribution in [0.3, 0.4) is 0 Å². The van der Waals surface area contributed by atoms with E-state index in [9.17, 15) is 26.3 Å². The van der Waals surface area contributed by atoms with Crippen LogP contribution in [0.25, 0.3) is 0 Å². The highest BCUT2D eigenvalue weighted by atomic mass is 19.4. The summed E-state index contributed by atoms with van der Waals surface area (Å²) in [5.41, 5.74) is 0. The van der Waals surface area contributed by atoms with Crippen molar-refractivity contribution in [1.82, 2.24) is 0 Å². The molecule has 0 bridgehead atoms. The van der Waals surface area contributed by atoms with Gasteiger partial charge in [0.1, 0.15) is 0 Å². The molecule has 12 heavy (non-hydrogen) atoms. The molecule has 0 saturated carbocycles. The van der Waals surface area contributed by atoms with Gasteiger partial charge in [0, 0.05) is 0 Å². The van der Waals surface area contributed by atoms with Gasteiger partial charge in [0.15, 0.2) is 0 Å². The van der Waals surface area contributed by atoms with Crippen molar-refractivity contribution in [1.29, 1.82) is 0 Å². The van der Waals surface area contributed by atoms with E-state index in [2.05, 4.69) is 9.47 Å². The SMILES string of the molecule is FC1=C(F)OC(F)(C(F)(F)F)O1. The molecule has 0 aromatic carbocycles. The Morgan fingerprint density at radius 1 is 1.00 bits per heavy atom. The second-order valence-electron chi connectivity index (χ2n) is 1.79. The Morgan fingerprint density at radius 3 is 1.50 bits per heavy atom. The Morgan fingerprint density at radius 2 is 1.33 bits per heavy atom. The monoisotopic (exact) mass is 194 g/mol. The number of ether oxygens (including phenoxy) is 2. The molecule has 2 nitrogen and oxygen atoms in total. The van der Waals surface area contributed by atoms with E-state index in [1.165, 1.54) is 0 Å². The van der Waals surface area contributed by atoms with E-state index < -0.39 is 24.2 Å². The summed E-state index contributed by atoms with van der Waals surface area (Å²) < 4.78 is 76.0. The van der Waals surface area contributed by atoms with Gasteiger partial charge in [-0.2, -0.15) is 22.0 Å². The summed E-state index contributed by atoms with van der Waals surface area (Å²) >= 11 is 0. The molecule has 1 heterocycles. The Balaban J connectivity index is 2.84. The summed E-state index contributed by atoms with van der Waals surface area (Å²) in [6.07, 6.45) is -5.65. The standard InChI is InChI=1S/C4F6O2/c5-1-2(6)12-4(10,11-1)3(7,8)9. The lowest BCUT2D eigenvalue weighted by atomic mass is 10.6. The van der Waals surface area contributed by atoms with Crippen LogP contribution >= 0.6 is 0 Å². The summed E-state index contributed by atoms with van der Waals surface area (Å²) in [5, 5.41) is 0. The summed E-state index contributed by atoms with van der Waals surface area (Å²) in [6, 6.07) is -9.48. The van der Waals surface area contributed by atoms with Gasteiger partial charge < -0.3 is 9.47 Å². The van der Waals surface area contributed by atoms with Gasteiger partial charge in [-0.3, -0.25) is 0 Å². The lowest BCUT2D eigenvalue weighted by molar-refractivity contribution is -0.406. The lowest BCUT2D eigenvalue weighted by Gasteiger charge is -2.19. The van der Waals surface area contributed by atoms with Crippen LogP contribution in [-0.4, -0.2) is 12.2 Å². The Bertz CT molecular complexity index is 216. The third kappa shape index (κ3) is 1.16. The van der Waals surface area contributed by atoms with Gasteiger partial charge in [0.25, 0.3) is 0 Å². The second kappa shape index (κ2) is 2.20. The molecule has 70 valence electrons. The zero-order valence-electron chi connectivity index (χ0n) is 5.08. The first-order valence-electron chi connectivity index (χ1n) is 2.45. The number of hydrogen-bond acceptors (Lipinski definition) is 2. The molecular weight excluding hydrogens is 194 g/mol. The van der Waals surface area contributed by atoms with E-state index in [0.717, 1.165) is 0 Å². The third-order valence-corrected chi connectivity index (χ3v) is 0.935. The zero-order valence-corrected chi connectivity index (χ0v) is 5.08. The molecule has 0 atom stereocenters. The van der Waals surface area contributed by atoms with E-state index in [4.69, 9.17) is 0 Å². The van der Waals surface area contributed by atoms with Crippen LogP contribution in [0, 0.1) is 0 Å². The smallest absolute Gasteiger partial charge is 0.388 e. The van der Waals surface area contributed by atoms with Gasteiger partial charge in [0.2, 0.25) is 0 Å². The minimum atomic E-state index is -5.65. The minimum absolute atomic E-state index is 2.37. The zero-order chi connectivity index (χ0) is 9.57. The number of alkyl halides is 4. The second-order valence-corrected chi connectivity index (χ2v) is 1.79. The normalized spacial score (nSPS) is 22.2. The average molecular weight is 194 g/mol. The lowest BCUT2D eigenvalue weighted by Crippen LogP contribution is -2.42. The van der Waals surface area contributed by atoms with Crippen molar-refractivity contribution >= 4 is 0 Å². The first kappa shape index (κ1) is 9.01. The molecule has 0 N–H and O–H groups in total.